The Kier molecular flexibility index (Phi) is 6.17. The van der Waals surface area contributed by atoms with Gasteiger partial charge < -0.3 is 15.2 Å². The quantitative estimate of drug-likeness (QED) is 0.865. The molecular weight excluding hydrogens is 313 g/mol. The van der Waals surface area contributed by atoms with Gasteiger partial charge in [0.25, 0.3) is 0 Å². The molecule has 0 saturated heterocycles. The molecule has 22 heavy (non-hydrogen) atoms. The molecule has 0 radical (unpaired) electrons. The van der Waals surface area contributed by atoms with Gasteiger partial charge in [0.2, 0.25) is 0 Å². The number of carbonyl (C=O) groups excluding carboxylic acids is 1. The van der Waals surface area contributed by atoms with Crippen LogP contribution in [0, 0.1) is 5.82 Å². The predicted molar refractivity (Wildman–Crippen MR) is 80.6 cm³/mol. The lowest BCUT2D eigenvalue weighted by atomic mass is 9.95. The number of hydrogen-bond donors (Lipinski definition) is 2. The number of nitrogens with one attached hydrogen (secondary N) is 1. The zero-order valence-electron chi connectivity index (χ0n) is 12.7. The Balaban J connectivity index is 2.81. The van der Waals surface area contributed by atoms with E-state index < -0.39 is 29.4 Å². The highest BCUT2D eigenvalue weighted by molar-refractivity contribution is 6.30. The Morgan fingerprint density at radius 3 is 2.50 bits per heavy atom. The zero-order valence-corrected chi connectivity index (χ0v) is 13.4. The van der Waals surface area contributed by atoms with E-state index in [1.54, 1.807) is 20.8 Å². The summed E-state index contributed by atoms with van der Waals surface area (Å²) in [5.41, 5.74) is -0.252. The zero-order chi connectivity index (χ0) is 16.9. The number of alkyl carbamates (subject to hydrolysis) is 1. The maximum absolute atomic E-state index is 13.4. The minimum Gasteiger partial charge on any atom is -0.481 e. The van der Waals surface area contributed by atoms with Gasteiger partial charge in [0.05, 0.1) is 6.42 Å². The molecule has 0 bridgehead atoms. The van der Waals surface area contributed by atoms with Gasteiger partial charge in [-0.05, 0) is 44.5 Å². The molecule has 1 atom stereocenters. The summed E-state index contributed by atoms with van der Waals surface area (Å²) < 4.78 is 18.5. The minimum absolute atomic E-state index is 0.000988. The Labute approximate surface area is 133 Å². The van der Waals surface area contributed by atoms with Crippen LogP contribution in [0.5, 0.6) is 0 Å². The molecule has 0 aliphatic carbocycles. The number of carboxylic acids is 1. The molecule has 0 saturated carbocycles. The van der Waals surface area contributed by atoms with Crippen molar-refractivity contribution in [2.75, 3.05) is 6.54 Å². The van der Waals surface area contributed by atoms with Crippen LogP contribution in [0.1, 0.15) is 38.7 Å². The van der Waals surface area contributed by atoms with E-state index in [2.05, 4.69) is 5.32 Å². The van der Waals surface area contributed by atoms with Crippen molar-refractivity contribution in [1.82, 2.24) is 5.32 Å². The molecule has 1 rings (SSSR count). The SMILES string of the molecule is CC(C)(C)OC(=O)NCC(CC(=O)O)c1cc(F)cc(Cl)c1. The van der Waals surface area contributed by atoms with Crippen LogP contribution < -0.4 is 5.32 Å². The van der Waals surface area contributed by atoms with Crippen molar-refractivity contribution in [3.8, 4) is 0 Å². The largest absolute Gasteiger partial charge is 0.481 e. The van der Waals surface area contributed by atoms with Gasteiger partial charge in [-0.3, -0.25) is 4.79 Å². The van der Waals surface area contributed by atoms with Crippen LogP contribution in [0.25, 0.3) is 0 Å². The molecule has 122 valence electrons. The molecule has 1 unspecified atom stereocenters. The molecule has 1 aromatic carbocycles. The summed E-state index contributed by atoms with van der Waals surface area (Å²) in [5.74, 6) is -2.23. The summed E-state index contributed by atoms with van der Waals surface area (Å²) in [7, 11) is 0. The summed E-state index contributed by atoms with van der Waals surface area (Å²) in [6, 6.07) is 3.81. The molecule has 0 aliphatic rings. The van der Waals surface area contributed by atoms with Crippen molar-refractivity contribution in [3.05, 3.63) is 34.6 Å². The molecule has 0 aliphatic heterocycles. The van der Waals surface area contributed by atoms with Crippen molar-refractivity contribution in [3.63, 3.8) is 0 Å². The Morgan fingerprint density at radius 2 is 2.00 bits per heavy atom. The van der Waals surface area contributed by atoms with E-state index in [1.807, 2.05) is 0 Å². The molecule has 0 fully saturated rings. The van der Waals surface area contributed by atoms with Crippen molar-refractivity contribution in [2.24, 2.45) is 0 Å². The molecular formula is C15H19ClFNO4. The Morgan fingerprint density at radius 1 is 1.36 bits per heavy atom. The number of aliphatic carboxylic acids is 1. The van der Waals surface area contributed by atoms with E-state index in [0.29, 0.717) is 5.56 Å². The van der Waals surface area contributed by atoms with Gasteiger partial charge in [-0.1, -0.05) is 11.6 Å². The summed E-state index contributed by atoms with van der Waals surface area (Å²) in [6.07, 6.45) is -0.930. The fourth-order valence-corrected chi connectivity index (χ4v) is 2.08. The van der Waals surface area contributed by atoms with Crippen molar-refractivity contribution in [1.29, 1.82) is 0 Å². The number of carbonyl (C=O) groups is 2. The second-order valence-electron chi connectivity index (χ2n) is 5.88. The molecule has 1 amide bonds. The number of ether oxygens (including phenoxy) is 1. The number of benzene rings is 1. The van der Waals surface area contributed by atoms with E-state index in [-0.39, 0.29) is 18.0 Å². The van der Waals surface area contributed by atoms with E-state index in [9.17, 15) is 14.0 Å². The Hall–Kier alpha value is -1.82. The predicted octanol–water partition coefficient (Wildman–Crippen LogP) is 3.56. The van der Waals surface area contributed by atoms with Crippen LogP contribution in [-0.2, 0) is 9.53 Å². The highest BCUT2D eigenvalue weighted by Crippen LogP contribution is 2.24. The standard InChI is InChI=1S/C15H19ClFNO4/c1-15(2,3)22-14(21)18-8-10(6-13(19)20)9-4-11(16)7-12(17)5-9/h4-5,7,10H,6,8H2,1-3H3,(H,18,21)(H,19,20). The third kappa shape index (κ3) is 6.76. The van der Waals surface area contributed by atoms with Crippen molar-refractivity contribution < 1.29 is 23.8 Å². The number of amides is 1. The first-order chi connectivity index (χ1) is 10.1. The highest BCUT2D eigenvalue weighted by atomic mass is 35.5. The van der Waals surface area contributed by atoms with Crippen LogP contribution in [0.3, 0.4) is 0 Å². The molecule has 5 nitrogen and oxygen atoms in total. The van der Waals surface area contributed by atoms with Gasteiger partial charge in [-0.15, -0.1) is 0 Å². The monoisotopic (exact) mass is 331 g/mol. The summed E-state index contributed by atoms with van der Waals surface area (Å²) in [6.45, 7) is 5.15. The fourth-order valence-electron chi connectivity index (χ4n) is 1.85. The fraction of sp³-hybridized carbons (Fsp3) is 0.467. The van der Waals surface area contributed by atoms with Gasteiger partial charge in [-0.2, -0.15) is 0 Å². The van der Waals surface area contributed by atoms with Crippen LogP contribution >= 0.6 is 11.6 Å². The van der Waals surface area contributed by atoms with Crippen LogP contribution in [-0.4, -0.2) is 29.3 Å². The van der Waals surface area contributed by atoms with Crippen LogP contribution in [0.2, 0.25) is 5.02 Å². The third-order valence-electron chi connectivity index (χ3n) is 2.67. The van der Waals surface area contributed by atoms with Gasteiger partial charge in [0.1, 0.15) is 11.4 Å². The lowest BCUT2D eigenvalue weighted by Gasteiger charge is -2.21. The topological polar surface area (TPSA) is 75.6 Å². The average Bonchev–Trinajstić information content (AvgIpc) is 2.30. The summed E-state index contributed by atoms with van der Waals surface area (Å²) in [5, 5.41) is 11.6. The smallest absolute Gasteiger partial charge is 0.407 e. The number of carboxylic acid groups (broad SMARTS) is 1. The Bertz CT molecular complexity index is 537. The third-order valence-corrected chi connectivity index (χ3v) is 2.89. The normalized spacial score (nSPS) is 12.6. The number of halogens is 2. The summed E-state index contributed by atoms with van der Waals surface area (Å²) in [4.78, 5) is 22.6. The van der Waals surface area contributed by atoms with E-state index in [1.165, 1.54) is 12.1 Å². The van der Waals surface area contributed by atoms with E-state index in [4.69, 9.17) is 21.4 Å². The first-order valence-electron chi connectivity index (χ1n) is 6.71. The molecule has 2 N–H and O–H groups in total. The molecule has 1 aromatic rings. The summed E-state index contributed by atoms with van der Waals surface area (Å²) >= 11 is 5.78. The highest BCUT2D eigenvalue weighted by Gasteiger charge is 2.21. The van der Waals surface area contributed by atoms with E-state index in [0.717, 1.165) is 6.07 Å². The average molecular weight is 332 g/mol. The van der Waals surface area contributed by atoms with Crippen LogP contribution in [0.4, 0.5) is 9.18 Å². The van der Waals surface area contributed by atoms with Gasteiger partial charge in [-0.25, -0.2) is 9.18 Å². The second-order valence-corrected chi connectivity index (χ2v) is 6.32. The van der Waals surface area contributed by atoms with E-state index >= 15 is 0 Å². The maximum Gasteiger partial charge on any atom is 0.407 e. The second kappa shape index (κ2) is 7.45. The maximum atomic E-state index is 13.4. The molecule has 0 spiro atoms. The molecule has 0 heterocycles. The van der Waals surface area contributed by atoms with Crippen LogP contribution in [0.15, 0.2) is 18.2 Å². The lowest BCUT2D eigenvalue weighted by Crippen LogP contribution is -2.35. The number of rotatable bonds is 5. The van der Waals surface area contributed by atoms with Gasteiger partial charge in [0, 0.05) is 17.5 Å². The van der Waals surface area contributed by atoms with Gasteiger partial charge >= 0.3 is 12.1 Å². The number of hydrogen-bond acceptors (Lipinski definition) is 3. The van der Waals surface area contributed by atoms with Crippen molar-refractivity contribution in [2.45, 2.75) is 38.7 Å². The molecule has 0 aromatic heterocycles. The first kappa shape index (κ1) is 18.2. The van der Waals surface area contributed by atoms with Crippen molar-refractivity contribution >= 4 is 23.7 Å². The lowest BCUT2D eigenvalue weighted by molar-refractivity contribution is -0.137. The minimum atomic E-state index is -1.06. The first-order valence-corrected chi connectivity index (χ1v) is 7.09. The molecule has 7 heteroatoms. The van der Waals surface area contributed by atoms with Gasteiger partial charge in [0.15, 0.2) is 0 Å².